The Morgan fingerprint density at radius 1 is 1.57 bits per heavy atom. The molecule has 2 N–H and O–H groups in total. The molecule has 0 fully saturated rings. The van der Waals surface area contributed by atoms with Crippen molar-refractivity contribution in [3.63, 3.8) is 0 Å². The average Bonchev–Trinajstić information content (AvgIpc) is 2.04. The SMILES string of the molecule is Nc1cnn(CC(F)(F)F)c(=O)c1Br. The molecule has 0 aromatic carbocycles. The van der Waals surface area contributed by atoms with Crippen LogP contribution in [0.3, 0.4) is 0 Å². The summed E-state index contributed by atoms with van der Waals surface area (Å²) in [5.41, 5.74) is 4.36. The summed E-state index contributed by atoms with van der Waals surface area (Å²) in [5.74, 6) is 0. The van der Waals surface area contributed by atoms with Gasteiger partial charge in [0.1, 0.15) is 11.0 Å². The number of nitrogen functional groups attached to an aromatic ring is 1. The van der Waals surface area contributed by atoms with Crippen LogP contribution in [0.5, 0.6) is 0 Å². The van der Waals surface area contributed by atoms with Crippen molar-refractivity contribution in [3.05, 3.63) is 21.0 Å². The van der Waals surface area contributed by atoms with Gasteiger partial charge in [0.2, 0.25) is 0 Å². The molecule has 0 bridgehead atoms. The summed E-state index contributed by atoms with van der Waals surface area (Å²) in [6, 6.07) is 0. The van der Waals surface area contributed by atoms with E-state index in [1.165, 1.54) is 0 Å². The number of nitrogens with zero attached hydrogens (tertiary/aromatic N) is 2. The lowest BCUT2D eigenvalue weighted by Crippen LogP contribution is -2.30. The first-order chi connectivity index (χ1) is 6.31. The fourth-order valence-corrected chi connectivity index (χ4v) is 1.07. The quantitative estimate of drug-likeness (QED) is 0.834. The Morgan fingerprint density at radius 2 is 2.14 bits per heavy atom. The van der Waals surface area contributed by atoms with Gasteiger partial charge in [-0.3, -0.25) is 4.79 Å². The Balaban J connectivity index is 3.13. The zero-order valence-corrected chi connectivity index (χ0v) is 8.26. The second-order valence-electron chi connectivity index (χ2n) is 2.49. The molecule has 0 saturated heterocycles. The van der Waals surface area contributed by atoms with Crippen LogP contribution in [0.25, 0.3) is 0 Å². The van der Waals surface area contributed by atoms with E-state index in [-0.39, 0.29) is 10.2 Å². The van der Waals surface area contributed by atoms with Crippen LogP contribution < -0.4 is 11.3 Å². The third-order valence-corrected chi connectivity index (χ3v) is 2.14. The van der Waals surface area contributed by atoms with Crippen molar-refractivity contribution >= 4 is 21.6 Å². The third kappa shape index (κ3) is 2.47. The van der Waals surface area contributed by atoms with Crippen molar-refractivity contribution < 1.29 is 13.2 Å². The second kappa shape index (κ2) is 3.60. The van der Waals surface area contributed by atoms with Crippen LogP contribution in [-0.2, 0) is 6.54 Å². The fourth-order valence-electron chi connectivity index (χ4n) is 0.760. The van der Waals surface area contributed by atoms with Crippen molar-refractivity contribution in [2.24, 2.45) is 0 Å². The Morgan fingerprint density at radius 3 is 2.64 bits per heavy atom. The van der Waals surface area contributed by atoms with Gasteiger partial charge in [0.25, 0.3) is 5.56 Å². The maximum absolute atomic E-state index is 11.9. The van der Waals surface area contributed by atoms with E-state index >= 15 is 0 Å². The summed E-state index contributed by atoms with van der Waals surface area (Å²) in [6.45, 7) is -1.43. The van der Waals surface area contributed by atoms with Crippen LogP contribution in [0.1, 0.15) is 0 Å². The molecule has 0 atom stereocenters. The molecule has 1 aromatic rings. The highest BCUT2D eigenvalue weighted by Crippen LogP contribution is 2.17. The molecule has 0 unspecified atom stereocenters. The molecule has 0 spiro atoms. The molecule has 0 amide bonds. The second-order valence-corrected chi connectivity index (χ2v) is 3.28. The average molecular weight is 272 g/mol. The van der Waals surface area contributed by atoms with Gasteiger partial charge in [-0.15, -0.1) is 0 Å². The number of rotatable bonds is 1. The topological polar surface area (TPSA) is 60.9 Å². The fraction of sp³-hybridized carbons (Fsp3) is 0.333. The molecule has 0 saturated carbocycles. The van der Waals surface area contributed by atoms with Gasteiger partial charge >= 0.3 is 6.18 Å². The smallest absolute Gasteiger partial charge is 0.396 e. The number of anilines is 1. The van der Waals surface area contributed by atoms with Crippen LogP contribution in [0.2, 0.25) is 0 Å². The number of aromatic nitrogens is 2. The first kappa shape index (κ1) is 11.0. The number of halogens is 4. The Bertz CT molecular complexity index is 400. The molecule has 1 aromatic heterocycles. The molecule has 0 aliphatic rings. The highest BCUT2D eigenvalue weighted by molar-refractivity contribution is 9.10. The highest BCUT2D eigenvalue weighted by atomic mass is 79.9. The number of alkyl halides is 3. The lowest BCUT2D eigenvalue weighted by molar-refractivity contribution is -0.143. The molecular weight excluding hydrogens is 267 g/mol. The van der Waals surface area contributed by atoms with E-state index in [2.05, 4.69) is 21.0 Å². The van der Waals surface area contributed by atoms with Gasteiger partial charge in [-0.2, -0.15) is 18.3 Å². The Hall–Kier alpha value is -1.05. The zero-order chi connectivity index (χ0) is 10.9. The largest absolute Gasteiger partial charge is 0.408 e. The molecule has 0 aliphatic heterocycles. The van der Waals surface area contributed by atoms with Gasteiger partial charge < -0.3 is 5.73 Å². The van der Waals surface area contributed by atoms with Crippen molar-refractivity contribution in [2.45, 2.75) is 12.7 Å². The van der Waals surface area contributed by atoms with Crippen LogP contribution in [-0.4, -0.2) is 16.0 Å². The molecule has 14 heavy (non-hydrogen) atoms. The first-order valence-corrected chi connectivity index (χ1v) is 4.18. The minimum absolute atomic E-state index is 0.00780. The summed E-state index contributed by atoms with van der Waals surface area (Å²) < 4.78 is 35.9. The number of hydrogen-bond donors (Lipinski definition) is 1. The van der Waals surface area contributed by atoms with Gasteiger partial charge in [0.15, 0.2) is 0 Å². The zero-order valence-electron chi connectivity index (χ0n) is 6.68. The third-order valence-electron chi connectivity index (χ3n) is 1.34. The highest BCUT2D eigenvalue weighted by Gasteiger charge is 2.29. The maximum Gasteiger partial charge on any atom is 0.408 e. The molecule has 1 heterocycles. The van der Waals surface area contributed by atoms with Crippen molar-refractivity contribution in [1.29, 1.82) is 0 Å². The predicted octanol–water partition coefficient (Wildman–Crippen LogP) is 1.15. The number of hydrogen-bond acceptors (Lipinski definition) is 3. The maximum atomic E-state index is 11.9. The van der Waals surface area contributed by atoms with Gasteiger partial charge in [0.05, 0.1) is 11.9 Å². The van der Waals surface area contributed by atoms with Gasteiger partial charge in [-0.1, -0.05) is 0 Å². The molecule has 1 rings (SSSR count). The van der Waals surface area contributed by atoms with Crippen LogP contribution in [0, 0.1) is 0 Å². The summed E-state index contributed by atoms with van der Waals surface area (Å²) in [4.78, 5) is 11.1. The van der Waals surface area contributed by atoms with Crippen molar-refractivity contribution in [2.75, 3.05) is 5.73 Å². The van der Waals surface area contributed by atoms with Crippen molar-refractivity contribution in [1.82, 2.24) is 9.78 Å². The van der Waals surface area contributed by atoms with Gasteiger partial charge in [0, 0.05) is 0 Å². The van der Waals surface area contributed by atoms with Crippen molar-refractivity contribution in [3.8, 4) is 0 Å². The van der Waals surface area contributed by atoms with Crippen LogP contribution in [0.15, 0.2) is 15.5 Å². The van der Waals surface area contributed by atoms with E-state index < -0.39 is 18.3 Å². The number of nitrogens with two attached hydrogens (primary N) is 1. The summed E-state index contributed by atoms with van der Waals surface area (Å²) in [7, 11) is 0. The minimum Gasteiger partial charge on any atom is -0.396 e. The van der Waals surface area contributed by atoms with Gasteiger partial charge in [-0.05, 0) is 15.9 Å². The van der Waals surface area contributed by atoms with E-state index in [0.717, 1.165) is 6.20 Å². The minimum atomic E-state index is -4.48. The molecule has 0 radical (unpaired) electrons. The Kier molecular flexibility index (Phi) is 2.84. The first-order valence-electron chi connectivity index (χ1n) is 3.39. The summed E-state index contributed by atoms with van der Waals surface area (Å²) in [5, 5.41) is 3.25. The Labute approximate surface area is 84.6 Å². The molecule has 0 aliphatic carbocycles. The normalized spacial score (nSPS) is 11.7. The molecule has 8 heteroatoms. The van der Waals surface area contributed by atoms with E-state index in [1.54, 1.807) is 0 Å². The van der Waals surface area contributed by atoms with Gasteiger partial charge in [-0.25, -0.2) is 4.68 Å². The summed E-state index contributed by atoms with van der Waals surface area (Å²) >= 11 is 2.77. The lowest BCUT2D eigenvalue weighted by Gasteiger charge is -2.08. The lowest BCUT2D eigenvalue weighted by atomic mass is 10.5. The van der Waals surface area contributed by atoms with E-state index in [4.69, 9.17) is 5.73 Å². The predicted molar refractivity (Wildman–Crippen MR) is 46.7 cm³/mol. The van der Waals surface area contributed by atoms with E-state index in [0.29, 0.717) is 4.68 Å². The standard InChI is InChI=1S/C6H5BrF3N3O/c7-4-3(11)1-12-13(5(4)14)2-6(8,9)10/h1H,2,11H2. The molecule has 4 nitrogen and oxygen atoms in total. The van der Waals surface area contributed by atoms with E-state index in [1.807, 2.05) is 0 Å². The molecule has 78 valence electrons. The molecular formula is C6H5BrF3N3O. The monoisotopic (exact) mass is 271 g/mol. The van der Waals surface area contributed by atoms with Crippen LogP contribution >= 0.6 is 15.9 Å². The van der Waals surface area contributed by atoms with E-state index in [9.17, 15) is 18.0 Å². The van der Waals surface area contributed by atoms with Crippen LogP contribution in [0.4, 0.5) is 18.9 Å². The summed E-state index contributed by atoms with van der Waals surface area (Å²) in [6.07, 6.45) is -3.50.